The van der Waals surface area contributed by atoms with Crippen LogP contribution in [0.1, 0.15) is 0 Å². The van der Waals surface area contributed by atoms with E-state index in [1.807, 2.05) is 0 Å². The fourth-order valence-electron chi connectivity index (χ4n) is 1.57. The van der Waals surface area contributed by atoms with E-state index in [4.69, 9.17) is 33.7 Å². The van der Waals surface area contributed by atoms with Crippen LogP contribution in [0.2, 0.25) is 10.0 Å². The van der Waals surface area contributed by atoms with Crippen molar-refractivity contribution in [3.05, 3.63) is 50.9 Å². The minimum atomic E-state index is -0.344. The number of amides is 1. The average Bonchev–Trinajstić information content (AvgIpc) is 2.41. The molecular weight excluding hydrogens is 379 g/mol. The molecule has 0 radical (unpaired) electrons. The third-order valence-corrected chi connectivity index (χ3v) is 3.56. The van der Waals surface area contributed by atoms with E-state index in [0.29, 0.717) is 27.2 Å². The van der Waals surface area contributed by atoms with Gasteiger partial charge in [-0.3, -0.25) is 4.79 Å². The number of halogens is 3. The summed E-state index contributed by atoms with van der Waals surface area (Å²) in [7, 11) is 0. The van der Waals surface area contributed by atoms with Crippen molar-refractivity contribution >= 4 is 56.4 Å². The molecule has 0 bridgehead atoms. The van der Waals surface area contributed by atoms with Crippen LogP contribution in [-0.2, 0) is 4.79 Å². The van der Waals surface area contributed by atoms with Crippen molar-refractivity contribution in [2.24, 2.45) is 0 Å². The molecule has 2 aromatic carbocycles. The molecule has 0 fully saturated rings. The summed E-state index contributed by atoms with van der Waals surface area (Å²) in [6, 6.07) is 9.96. The van der Waals surface area contributed by atoms with E-state index in [2.05, 4.69) is 21.2 Å². The zero-order chi connectivity index (χ0) is 15.4. The maximum Gasteiger partial charge on any atom is 0.262 e. The molecular formula is C14H11BrCl2N2O2. The SMILES string of the molecule is Nc1cc(Cl)ccc1NC(=O)COc1ccc(Br)cc1Cl. The summed E-state index contributed by atoms with van der Waals surface area (Å²) in [4.78, 5) is 11.8. The summed E-state index contributed by atoms with van der Waals surface area (Å²) in [5.41, 5.74) is 6.62. The molecule has 21 heavy (non-hydrogen) atoms. The Hall–Kier alpha value is -1.43. The van der Waals surface area contributed by atoms with Gasteiger partial charge < -0.3 is 15.8 Å². The van der Waals surface area contributed by atoms with Crippen LogP contribution in [0.4, 0.5) is 11.4 Å². The third kappa shape index (κ3) is 4.52. The molecule has 7 heteroatoms. The Morgan fingerprint density at radius 2 is 2.00 bits per heavy atom. The molecule has 0 heterocycles. The highest BCUT2D eigenvalue weighted by molar-refractivity contribution is 9.10. The maximum atomic E-state index is 11.8. The highest BCUT2D eigenvalue weighted by Gasteiger charge is 2.08. The molecule has 0 aliphatic rings. The molecule has 3 N–H and O–H groups in total. The molecule has 1 amide bonds. The van der Waals surface area contributed by atoms with Crippen molar-refractivity contribution < 1.29 is 9.53 Å². The summed E-state index contributed by atoms with van der Waals surface area (Å²) in [6.45, 7) is -0.177. The predicted octanol–water partition coefficient (Wildman–Crippen LogP) is 4.36. The quantitative estimate of drug-likeness (QED) is 0.763. The monoisotopic (exact) mass is 388 g/mol. The molecule has 0 saturated heterocycles. The predicted molar refractivity (Wildman–Crippen MR) is 89.1 cm³/mol. The van der Waals surface area contributed by atoms with Crippen LogP contribution < -0.4 is 15.8 Å². The molecule has 0 aliphatic carbocycles. The third-order valence-electron chi connectivity index (χ3n) is 2.54. The van der Waals surface area contributed by atoms with Gasteiger partial charge in [-0.15, -0.1) is 0 Å². The Balaban J connectivity index is 1.96. The number of nitrogens with two attached hydrogens (primary N) is 1. The Kier molecular flexibility index (Phi) is 5.33. The maximum absolute atomic E-state index is 11.8. The number of rotatable bonds is 4. The molecule has 2 rings (SSSR count). The molecule has 0 saturated carbocycles. The van der Waals surface area contributed by atoms with Crippen LogP contribution in [0.5, 0.6) is 5.75 Å². The van der Waals surface area contributed by atoms with E-state index >= 15 is 0 Å². The number of anilines is 2. The number of carbonyl (C=O) groups is 1. The standard InChI is InChI=1S/C14H11BrCl2N2O2/c15-8-1-4-13(10(17)5-8)21-7-14(20)19-12-3-2-9(16)6-11(12)18/h1-6H,7,18H2,(H,19,20). The lowest BCUT2D eigenvalue weighted by Gasteiger charge is -2.10. The van der Waals surface area contributed by atoms with Gasteiger partial charge in [0, 0.05) is 9.50 Å². The van der Waals surface area contributed by atoms with Gasteiger partial charge in [0.25, 0.3) is 5.91 Å². The van der Waals surface area contributed by atoms with Crippen LogP contribution in [0, 0.1) is 0 Å². The molecule has 0 atom stereocenters. The average molecular weight is 390 g/mol. The first kappa shape index (κ1) is 15.9. The van der Waals surface area contributed by atoms with Crippen LogP contribution in [0.15, 0.2) is 40.9 Å². The van der Waals surface area contributed by atoms with Gasteiger partial charge in [0.2, 0.25) is 0 Å². The number of ether oxygens (including phenoxy) is 1. The molecule has 0 unspecified atom stereocenters. The fourth-order valence-corrected chi connectivity index (χ4v) is 2.48. The lowest BCUT2D eigenvalue weighted by Crippen LogP contribution is -2.20. The minimum Gasteiger partial charge on any atom is -0.482 e. The second-order valence-corrected chi connectivity index (χ2v) is 5.90. The van der Waals surface area contributed by atoms with E-state index in [0.717, 1.165) is 4.47 Å². The van der Waals surface area contributed by atoms with Crippen molar-refractivity contribution in [3.63, 3.8) is 0 Å². The number of nitrogens with one attached hydrogen (secondary N) is 1. The van der Waals surface area contributed by atoms with Gasteiger partial charge in [-0.2, -0.15) is 0 Å². The van der Waals surface area contributed by atoms with Crippen molar-refractivity contribution in [1.29, 1.82) is 0 Å². The number of hydrogen-bond donors (Lipinski definition) is 2. The van der Waals surface area contributed by atoms with Crippen molar-refractivity contribution in [2.45, 2.75) is 0 Å². The van der Waals surface area contributed by atoms with E-state index in [-0.39, 0.29) is 12.5 Å². The fraction of sp³-hybridized carbons (Fsp3) is 0.0714. The lowest BCUT2D eigenvalue weighted by atomic mass is 10.2. The summed E-state index contributed by atoms with van der Waals surface area (Å²) >= 11 is 15.1. The topological polar surface area (TPSA) is 64.3 Å². The van der Waals surface area contributed by atoms with Gasteiger partial charge in [-0.1, -0.05) is 39.1 Å². The molecule has 0 aliphatic heterocycles. The van der Waals surface area contributed by atoms with E-state index in [1.54, 1.807) is 36.4 Å². The largest absolute Gasteiger partial charge is 0.482 e. The van der Waals surface area contributed by atoms with Crippen LogP contribution >= 0.6 is 39.1 Å². The Bertz CT molecular complexity index is 680. The van der Waals surface area contributed by atoms with Crippen LogP contribution in [0.25, 0.3) is 0 Å². The van der Waals surface area contributed by atoms with E-state index in [1.165, 1.54) is 0 Å². The second-order valence-electron chi connectivity index (χ2n) is 4.14. The number of carbonyl (C=O) groups excluding carboxylic acids is 1. The summed E-state index contributed by atoms with van der Waals surface area (Å²) < 4.78 is 6.19. The summed E-state index contributed by atoms with van der Waals surface area (Å²) in [5, 5.41) is 3.56. The summed E-state index contributed by atoms with van der Waals surface area (Å²) in [6.07, 6.45) is 0. The van der Waals surface area contributed by atoms with Gasteiger partial charge in [-0.25, -0.2) is 0 Å². The Labute approximate surface area is 140 Å². The first-order valence-electron chi connectivity index (χ1n) is 5.88. The summed E-state index contributed by atoms with van der Waals surface area (Å²) in [5.74, 6) is 0.0853. The van der Waals surface area contributed by atoms with Crippen LogP contribution in [0.3, 0.4) is 0 Å². The van der Waals surface area contributed by atoms with Crippen molar-refractivity contribution in [1.82, 2.24) is 0 Å². The zero-order valence-electron chi connectivity index (χ0n) is 10.7. The van der Waals surface area contributed by atoms with Crippen molar-refractivity contribution in [2.75, 3.05) is 17.7 Å². The highest BCUT2D eigenvalue weighted by Crippen LogP contribution is 2.28. The molecule has 0 spiro atoms. The smallest absolute Gasteiger partial charge is 0.262 e. The molecule has 2 aromatic rings. The number of nitrogen functional groups attached to an aromatic ring is 1. The molecule has 0 aromatic heterocycles. The van der Waals surface area contributed by atoms with Crippen molar-refractivity contribution in [3.8, 4) is 5.75 Å². The highest BCUT2D eigenvalue weighted by atomic mass is 79.9. The Morgan fingerprint density at radius 3 is 2.67 bits per heavy atom. The molecule has 4 nitrogen and oxygen atoms in total. The van der Waals surface area contributed by atoms with Gasteiger partial charge in [0.05, 0.1) is 16.4 Å². The Morgan fingerprint density at radius 1 is 1.24 bits per heavy atom. The first-order chi connectivity index (χ1) is 9.95. The van der Waals surface area contributed by atoms with Gasteiger partial charge >= 0.3 is 0 Å². The minimum absolute atomic E-state index is 0.177. The van der Waals surface area contributed by atoms with Gasteiger partial charge in [-0.05, 0) is 36.4 Å². The zero-order valence-corrected chi connectivity index (χ0v) is 13.8. The first-order valence-corrected chi connectivity index (χ1v) is 7.43. The number of hydrogen-bond acceptors (Lipinski definition) is 3. The van der Waals surface area contributed by atoms with E-state index < -0.39 is 0 Å². The van der Waals surface area contributed by atoms with Gasteiger partial charge in [0.15, 0.2) is 6.61 Å². The van der Waals surface area contributed by atoms with Gasteiger partial charge in [0.1, 0.15) is 5.75 Å². The van der Waals surface area contributed by atoms with E-state index in [9.17, 15) is 4.79 Å². The molecule has 110 valence electrons. The lowest BCUT2D eigenvalue weighted by molar-refractivity contribution is -0.118. The number of benzene rings is 2. The second kappa shape index (κ2) is 7.02. The van der Waals surface area contributed by atoms with Crippen LogP contribution in [-0.4, -0.2) is 12.5 Å². The normalized spacial score (nSPS) is 10.2.